The second-order valence-electron chi connectivity index (χ2n) is 4.10. The van der Waals surface area contributed by atoms with Crippen LogP contribution in [0.1, 0.15) is 13.8 Å². The van der Waals surface area contributed by atoms with Gasteiger partial charge in [0.2, 0.25) is 0 Å². The summed E-state index contributed by atoms with van der Waals surface area (Å²) in [4.78, 5) is 2.68. The van der Waals surface area contributed by atoms with E-state index >= 15 is 0 Å². The number of nitrogens with zero attached hydrogens (tertiary/aromatic N) is 1. The van der Waals surface area contributed by atoms with E-state index in [1.54, 1.807) is 0 Å². The summed E-state index contributed by atoms with van der Waals surface area (Å²) in [7, 11) is 0. The first kappa shape index (κ1) is 4.73. The average Bonchev–Trinajstić information content (AvgIpc) is 2.57. The van der Waals surface area contributed by atoms with E-state index in [-0.39, 0.29) is 0 Å². The summed E-state index contributed by atoms with van der Waals surface area (Å²) in [5, 5.41) is 0. The van der Waals surface area contributed by atoms with Gasteiger partial charge >= 0.3 is 0 Å². The molecule has 0 aromatic heterocycles. The summed E-state index contributed by atoms with van der Waals surface area (Å²) in [6.07, 6.45) is 0. The Balaban J connectivity index is 1.82. The van der Waals surface area contributed by atoms with Crippen LogP contribution in [0.15, 0.2) is 0 Å². The summed E-state index contributed by atoms with van der Waals surface area (Å²) >= 11 is 0. The van der Waals surface area contributed by atoms with Crippen LogP contribution in [0.2, 0.25) is 0 Å². The zero-order valence-electron chi connectivity index (χ0n) is 6.04. The van der Waals surface area contributed by atoms with Crippen LogP contribution in [0.5, 0.6) is 0 Å². The first-order valence-electron chi connectivity index (χ1n) is 4.06. The first-order chi connectivity index (χ1) is 4.30. The lowest BCUT2D eigenvalue weighted by molar-refractivity contribution is 0.260. The molecule has 4 aliphatic rings. The molecule has 0 spiro atoms. The van der Waals surface area contributed by atoms with Gasteiger partial charge in [0.1, 0.15) is 0 Å². The lowest BCUT2D eigenvalue weighted by atomic mass is 10.2. The molecule has 1 heteroatoms. The second-order valence-corrected chi connectivity index (χ2v) is 4.10. The highest BCUT2D eigenvalue weighted by Gasteiger charge is 2.80. The Morgan fingerprint density at radius 1 is 1.33 bits per heavy atom. The topological polar surface area (TPSA) is 3.24 Å². The molecule has 2 heterocycles. The SMILES string of the molecule is CC(C)N1CC2C3C1[C@H]23. The molecule has 50 valence electrons. The van der Waals surface area contributed by atoms with Gasteiger partial charge in [-0.05, 0) is 31.6 Å². The molecular weight excluding hydrogens is 110 g/mol. The normalized spacial score (nSPS) is 60.3. The maximum Gasteiger partial charge on any atom is 0.0168 e. The Bertz CT molecular complexity index is 147. The van der Waals surface area contributed by atoms with Crippen LogP contribution in [0.4, 0.5) is 0 Å². The molecule has 9 heavy (non-hydrogen) atoms. The van der Waals surface area contributed by atoms with Crippen molar-refractivity contribution in [1.29, 1.82) is 0 Å². The summed E-state index contributed by atoms with van der Waals surface area (Å²) in [6.45, 7) is 6.07. The molecule has 2 saturated heterocycles. The van der Waals surface area contributed by atoms with Crippen LogP contribution in [0.3, 0.4) is 0 Å². The molecule has 2 aliphatic carbocycles. The van der Waals surface area contributed by atoms with E-state index in [0.29, 0.717) is 0 Å². The molecule has 4 rings (SSSR count). The molecule has 1 nitrogen and oxygen atoms in total. The molecule has 0 radical (unpaired) electrons. The molecule has 0 amide bonds. The predicted molar refractivity (Wildman–Crippen MR) is 36.1 cm³/mol. The summed E-state index contributed by atoms with van der Waals surface area (Å²) in [5.74, 6) is 3.54. The number of fused-ring (bicyclic) bond motifs is 1. The first-order valence-corrected chi connectivity index (χ1v) is 4.06. The highest BCUT2D eigenvalue weighted by atomic mass is 15.3. The highest BCUT2D eigenvalue weighted by molar-refractivity contribution is 5.31. The minimum atomic E-state index is 0.815. The van der Waals surface area contributed by atoms with Gasteiger partial charge in [-0.25, -0.2) is 0 Å². The average molecular weight is 123 g/mol. The standard InChI is InChI=1S/C8H13N/c1-4(2)9-3-5-6-7(5)8(6)9/h4-8H,3H2,1-2H3/t5?,6-,7?,8?/m1/s1. The minimum absolute atomic E-state index is 0.815. The Kier molecular flexibility index (Phi) is 0.563. The molecule has 2 saturated carbocycles. The molecule has 3 unspecified atom stereocenters. The molecular formula is C8H13N. The van der Waals surface area contributed by atoms with E-state index in [0.717, 1.165) is 18.0 Å². The highest BCUT2D eigenvalue weighted by Crippen LogP contribution is 2.75. The molecule has 4 atom stereocenters. The van der Waals surface area contributed by atoms with E-state index in [4.69, 9.17) is 0 Å². The Hall–Kier alpha value is -0.0400. The van der Waals surface area contributed by atoms with E-state index in [1.807, 2.05) is 0 Å². The Labute approximate surface area is 56.0 Å². The Morgan fingerprint density at radius 2 is 2.00 bits per heavy atom. The molecule has 0 N–H and O–H groups in total. The molecule has 2 bridgehead atoms. The van der Waals surface area contributed by atoms with E-state index in [2.05, 4.69) is 18.7 Å². The molecule has 0 aromatic carbocycles. The second kappa shape index (κ2) is 1.07. The predicted octanol–water partition coefficient (Wildman–Crippen LogP) is 0.955. The van der Waals surface area contributed by atoms with Crippen molar-refractivity contribution in [2.75, 3.05) is 6.54 Å². The monoisotopic (exact) mass is 123 g/mol. The third-order valence-corrected chi connectivity index (χ3v) is 3.41. The van der Waals surface area contributed by atoms with Crippen molar-refractivity contribution in [2.24, 2.45) is 17.8 Å². The summed E-state index contributed by atoms with van der Waals surface area (Å²) in [6, 6.07) is 1.88. The fraction of sp³-hybridized carbons (Fsp3) is 1.00. The summed E-state index contributed by atoms with van der Waals surface area (Å²) < 4.78 is 0. The van der Waals surface area contributed by atoms with Crippen LogP contribution < -0.4 is 0 Å². The van der Waals surface area contributed by atoms with Gasteiger partial charge in [0.25, 0.3) is 0 Å². The molecule has 4 fully saturated rings. The molecule has 0 aromatic rings. The van der Waals surface area contributed by atoms with E-state index in [9.17, 15) is 0 Å². The lowest BCUT2D eigenvalue weighted by Crippen LogP contribution is -2.28. The van der Waals surface area contributed by atoms with E-state index < -0.39 is 0 Å². The summed E-state index contributed by atoms with van der Waals surface area (Å²) in [5.41, 5.74) is 0. The van der Waals surface area contributed by atoms with Gasteiger partial charge in [-0.1, -0.05) is 0 Å². The fourth-order valence-corrected chi connectivity index (χ4v) is 2.74. The quantitative estimate of drug-likeness (QED) is 0.502. The van der Waals surface area contributed by atoms with Crippen molar-refractivity contribution >= 4 is 0 Å². The van der Waals surface area contributed by atoms with E-state index in [1.165, 1.54) is 18.4 Å². The fourth-order valence-electron chi connectivity index (χ4n) is 2.74. The zero-order chi connectivity index (χ0) is 6.17. The van der Waals surface area contributed by atoms with Gasteiger partial charge in [-0.3, -0.25) is 4.90 Å². The minimum Gasteiger partial charge on any atom is -0.297 e. The molecule has 2 aliphatic heterocycles. The van der Waals surface area contributed by atoms with Crippen molar-refractivity contribution in [3.63, 3.8) is 0 Å². The smallest absolute Gasteiger partial charge is 0.0168 e. The number of hydrogen-bond acceptors (Lipinski definition) is 1. The van der Waals surface area contributed by atoms with Crippen LogP contribution >= 0.6 is 0 Å². The number of hydrogen-bond donors (Lipinski definition) is 0. The zero-order valence-corrected chi connectivity index (χ0v) is 6.04. The van der Waals surface area contributed by atoms with Crippen molar-refractivity contribution < 1.29 is 0 Å². The van der Waals surface area contributed by atoms with Gasteiger partial charge < -0.3 is 0 Å². The van der Waals surface area contributed by atoms with Crippen molar-refractivity contribution in [1.82, 2.24) is 4.90 Å². The third kappa shape index (κ3) is 0.362. The lowest BCUT2D eigenvalue weighted by Gasteiger charge is -2.19. The van der Waals surface area contributed by atoms with Crippen molar-refractivity contribution in [3.8, 4) is 0 Å². The van der Waals surface area contributed by atoms with Crippen molar-refractivity contribution in [3.05, 3.63) is 0 Å². The van der Waals surface area contributed by atoms with Crippen molar-refractivity contribution in [2.45, 2.75) is 25.9 Å². The number of piperidine rings is 1. The van der Waals surface area contributed by atoms with Crippen LogP contribution in [-0.4, -0.2) is 23.5 Å². The van der Waals surface area contributed by atoms with Gasteiger partial charge in [0.05, 0.1) is 0 Å². The van der Waals surface area contributed by atoms with Gasteiger partial charge in [-0.2, -0.15) is 0 Å². The maximum absolute atomic E-state index is 2.68. The maximum atomic E-state index is 2.68. The number of rotatable bonds is 1. The van der Waals surface area contributed by atoms with Gasteiger partial charge in [0.15, 0.2) is 0 Å². The van der Waals surface area contributed by atoms with Crippen LogP contribution in [-0.2, 0) is 0 Å². The van der Waals surface area contributed by atoms with Crippen LogP contribution in [0, 0.1) is 17.8 Å². The van der Waals surface area contributed by atoms with Gasteiger partial charge in [0, 0.05) is 18.6 Å². The van der Waals surface area contributed by atoms with Gasteiger partial charge in [-0.15, -0.1) is 0 Å². The third-order valence-electron chi connectivity index (χ3n) is 3.41. The largest absolute Gasteiger partial charge is 0.297 e. The van der Waals surface area contributed by atoms with Crippen LogP contribution in [0.25, 0.3) is 0 Å². The Morgan fingerprint density at radius 3 is 2.22 bits per heavy atom.